The molecule has 34 heavy (non-hydrogen) atoms. The minimum atomic E-state index is 0.0472. The second kappa shape index (κ2) is 10.2. The molecule has 3 unspecified atom stereocenters. The zero-order valence-corrected chi connectivity index (χ0v) is 20.9. The Labute approximate surface area is 208 Å². The molecule has 7 heteroatoms. The fraction of sp³-hybridized carbons (Fsp3) is 0.556. The maximum atomic E-state index is 6.41. The Morgan fingerprint density at radius 3 is 2.88 bits per heavy atom. The molecule has 6 nitrogen and oxygen atoms in total. The van der Waals surface area contributed by atoms with Crippen LogP contribution in [0.3, 0.4) is 0 Å². The largest absolute Gasteiger partial charge is 0.497 e. The molecule has 4 fully saturated rings. The van der Waals surface area contributed by atoms with Crippen molar-refractivity contribution in [3.63, 3.8) is 0 Å². The summed E-state index contributed by atoms with van der Waals surface area (Å²) in [7, 11) is 1.71. The first-order valence-electron chi connectivity index (χ1n) is 12.7. The molecule has 0 radical (unpaired) electrons. The van der Waals surface area contributed by atoms with Crippen LogP contribution in [0.4, 0.5) is 0 Å². The number of methoxy groups -OCH3 is 1. The Bertz CT molecular complexity index is 1040. The van der Waals surface area contributed by atoms with Crippen LogP contribution in [0.5, 0.6) is 5.75 Å². The minimum absolute atomic E-state index is 0.0472. The molecule has 1 saturated carbocycles. The number of nitrogens with two attached hydrogens (primary N) is 1. The lowest BCUT2D eigenvalue weighted by molar-refractivity contribution is 0.00425. The summed E-state index contributed by atoms with van der Waals surface area (Å²) in [6, 6.07) is 9.04. The van der Waals surface area contributed by atoms with Crippen LogP contribution in [0.15, 0.2) is 43.1 Å². The fourth-order valence-electron chi connectivity index (χ4n) is 6.34. The summed E-state index contributed by atoms with van der Waals surface area (Å²) in [5.74, 6) is 2.09. The smallest absolute Gasteiger partial charge is 0.167 e. The fourth-order valence-corrected chi connectivity index (χ4v) is 6.62. The monoisotopic (exact) mass is 479 g/mol. The summed E-state index contributed by atoms with van der Waals surface area (Å²) in [6.07, 6.45) is 11.0. The van der Waals surface area contributed by atoms with Gasteiger partial charge in [-0.25, -0.2) is 0 Å². The average molecular weight is 480 g/mol. The van der Waals surface area contributed by atoms with Gasteiger partial charge in [-0.2, -0.15) is 0 Å². The maximum absolute atomic E-state index is 6.41. The Morgan fingerprint density at radius 2 is 2.15 bits per heavy atom. The predicted molar refractivity (Wildman–Crippen MR) is 142 cm³/mol. The molecule has 0 amide bonds. The number of thiocarbonyl (C=S) groups is 1. The Balaban J connectivity index is 1.47. The van der Waals surface area contributed by atoms with Crippen LogP contribution in [-0.4, -0.2) is 53.3 Å². The van der Waals surface area contributed by atoms with Crippen molar-refractivity contribution in [3.05, 3.63) is 48.7 Å². The van der Waals surface area contributed by atoms with Gasteiger partial charge in [-0.1, -0.05) is 18.9 Å². The Kier molecular flexibility index (Phi) is 7.04. The molecule has 4 aliphatic rings. The zero-order chi connectivity index (χ0) is 23.7. The van der Waals surface area contributed by atoms with Gasteiger partial charge in [0.15, 0.2) is 5.11 Å². The molecule has 1 aromatic heterocycles. The number of benzene rings is 1. The number of hydrogen-bond donors (Lipinski definition) is 3. The van der Waals surface area contributed by atoms with Crippen LogP contribution in [0.1, 0.15) is 50.1 Å². The number of aromatic nitrogens is 1. The number of hydrogen-bond acceptors (Lipinski definition) is 5. The third kappa shape index (κ3) is 4.66. The van der Waals surface area contributed by atoms with Crippen molar-refractivity contribution in [2.75, 3.05) is 20.2 Å². The average Bonchev–Trinajstić information content (AvgIpc) is 2.88. The number of pyridine rings is 1. The van der Waals surface area contributed by atoms with Crippen molar-refractivity contribution in [3.8, 4) is 5.75 Å². The topological polar surface area (TPSA) is 75.4 Å². The number of nitrogens with one attached hydrogen (secondary N) is 2. The van der Waals surface area contributed by atoms with Crippen molar-refractivity contribution in [2.45, 2.75) is 62.7 Å². The second-order valence-corrected chi connectivity index (χ2v) is 10.6. The van der Waals surface area contributed by atoms with Crippen molar-refractivity contribution in [2.24, 2.45) is 17.6 Å². The molecule has 4 heterocycles. The second-order valence-electron chi connectivity index (χ2n) is 10.2. The highest BCUT2D eigenvalue weighted by molar-refractivity contribution is 7.80. The van der Waals surface area contributed by atoms with Crippen LogP contribution in [-0.2, 0) is 0 Å². The van der Waals surface area contributed by atoms with E-state index in [0.717, 1.165) is 49.0 Å². The molecule has 2 aromatic rings. The van der Waals surface area contributed by atoms with E-state index in [0.29, 0.717) is 23.0 Å². The molecule has 4 N–H and O–H groups in total. The van der Waals surface area contributed by atoms with Crippen LogP contribution in [0.25, 0.3) is 10.9 Å². The van der Waals surface area contributed by atoms with E-state index in [1.165, 1.54) is 24.8 Å². The number of rotatable bonds is 6. The van der Waals surface area contributed by atoms with E-state index in [2.05, 4.69) is 45.3 Å². The van der Waals surface area contributed by atoms with Gasteiger partial charge in [0, 0.05) is 36.3 Å². The van der Waals surface area contributed by atoms with E-state index in [9.17, 15) is 0 Å². The van der Waals surface area contributed by atoms with E-state index < -0.39 is 0 Å². The molecule has 6 rings (SSSR count). The van der Waals surface area contributed by atoms with Crippen molar-refractivity contribution >= 4 is 28.2 Å². The molecule has 182 valence electrons. The molecule has 1 aromatic carbocycles. The third-order valence-corrected chi connectivity index (χ3v) is 8.51. The van der Waals surface area contributed by atoms with E-state index in [4.69, 9.17) is 22.7 Å². The molecule has 0 spiro atoms. The standard InChI is InChI=1S/C27H37N5OS/c1-3-17-16-32-13-11-18(17)14-25(32)26(31-27(34)30-24-7-5-4-6-22(24)28)20-10-12-29-23-9-8-19(33-2)15-21(20)23/h3,8-10,12,15,17-18,22,24-26H,1,4-7,11,13-14,16,28H2,2H3,(H2,30,31,34)/t17?,18?,22-,24-,25-,26-/m1/s1. The van der Waals surface area contributed by atoms with Crippen molar-refractivity contribution in [1.82, 2.24) is 20.5 Å². The molecule has 3 aliphatic heterocycles. The van der Waals surface area contributed by atoms with E-state index >= 15 is 0 Å². The lowest BCUT2D eigenvalue weighted by Crippen LogP contribution is -2.59. The van der Waals surface area contributed by atoms with Crippen LogP contribution in [0, 0.1) is 11.8 Å². The number of fused-ring (bicyclic) bond motifs is 4. The van der Waals surface area contributed by atoms with Crippen LogP contribution >= 0.6 is 12.2 Å². The molecule has 1 aliphatic carbocycles. The lowest BCUT2D eigenvalue weighted by atomic mass is 9.73. The van der Waals surface area contributed by atoms with Gasteiger partial charge in [-0.3, -0.25) is 9.88 Å². The third-order valence-electron chi connectivity index (χ3n) is 8.28. The summed E-state index contributed by atoms with van der Waals surface area (Å²) in [4.78, 5) is 7.26. The quantitative estimate of drug-likeness (QED) is 0.428. The molecular formula is C27H37N5OS. The highest BCUT2D eigenvalue weighted by Gasteiger charge is 2.43. The Hall–Kier alpha value is -2.22. The maximum Gasteiger partial charge on any atom is 0.167 e. The van der Waals surface area contributed by atoms with Crippen molar-refractivity contribution in [1.29, 1.82) is 0 Å². The normalized spacial score (nSPS) is 31.6. The zero-order valence-electron chi connectivity index (χ0n) is 20.1. The first kappa shape index (κ1) is 23.5. The predicted octanol–water partition coefficient (Wildman–Crippen LogP) is 3.91. The molecular weight excluding hydrogens is 442 g/mol. The summed E-state index contributed by atoms with van der Waals surface area (Å²) < 4.78 is 5.55. The summed E-state index contributed by atoms with van der Waals surface area (Å²) in [5.41, 5.74) is 8.60. The SMILES string of the molecule is C=CC1CN2CCC1C[C@@H]2[C@H](NC(=S)N[C@@H]1CCCC[C@H]1N)c1ccnc2ccc(OC)cc12. The number of nitrogens with zero attached hydrogens (tertiary/aromatic N) is 2. The van der Waals surface area contributed by atoms with Crippen molar-refractivity contribution < 1.29 is 4.74 Å². The molecule has 7 atom stereocenters. The van der Waals surface area contributed by atoms with Crippen LogP contribution < -0.4 is 21.1 Å². The highest BCUT2D eigenvalue weighted by Crippen LogP contribution is 2.42. The van der Waals surface area contributed by atoms with E-state index in [1.54, 1.807) is 7.11 Å². The summed E-state index contributed by atoms with van der Waals surface area (Å²) in [6.45, 7) is 6.29. The first-order chi connectivity index (χ1) is 16.6. The van der Waals surface area contributed by atoms with Gasteiger partial charge in [-0.05, 0) is 86.1 Å². The van der Waals surface area contributed by atoms with E-state index in [-0.39, 0.29) is 18.1 Å². The van der Waals surface area contributed by atoms with Gasteiger partial charge in [0.25, 0.3) is 0 Å². The lowest BCUT2D eigenvalue weighted by Gasteiger charge is -2.52. The van der Waals surface area contributed by atoms with Crippen LogP contribution in [0.2, 0.25) is 0 Å². The summed E-state index contributed by atoms with van der Waals surface area (Å²) in [5, 5.41) is 9.12. The van der Waals surface area contributed by atoms with Gasteiger partial charge >= 0.3 is 0 Å². The van der Waals surface area contributed by atoms with Gasteiger partial charge in [0.05, 0.1) is 18.7 Å². The summed E-state index contributed by atoms with van der Waals surface area (Å²) >= 11 is 5.88. The number of piperidine rings is 3. The van der Waals surface area contributed by atoms with E-state index in [1.807, 2.05) is 18.3 Å². The highest BCUT2D eigenvalue weighted by atomic mass is 32.1. The first-order valence-corrected chi connectivity index (χ1v) is 13.1. The van der Waals surface area contributed by atoms with Gasteiger partial charge < -0.3 is 21.1 Å². The Morgan fingerprint density at radius 1 is 1.29 bits per heavy atom. The van der Waals surface area contributed by atoms with Gasteiger partial charge in [-0.15, -0.1) is 6.58 Å². The molecule has 3 saturated heterocycles. The van der Waals surface area contributed by atoms with Gasteiger partial charge in [0.2, 0.25) is 0 Å². The number of ether oxygens (including phenoxy) is 1. The van der Waals surface area contributed by atoms with Gasteiger partial charge in [0.1, 0.15) is 5.75 Å². The molecule has 2 bridgehead atoms. The minimum Gasteiger partial charge on any atom is -0.497 e.